The summed E-state index contributed by atoms with van der Waals surface area (Å²) in [5.74, 6) is 1.54. The molecule has 5 nitrogen and oxygen atoms in total. The SMILES string of the molecule is C[C@H](NC(=O)CN1c2ccccc2C[C@H]1C)c1ccc2c(c1)OCCO2. The van der Waals surface area contributed by atoms with Crippen LogP contribution < -0.4 is 19.7 Å². The molecule has 2 atom stereocenters. The summed E-state index contributed by atoms with van der Waals surface area (Å²) < 4.78 is 11.2. The van der Waals surface area contributed by atoms with Gasteiger partial charge >= 0.3 is 0 Å². The molecular formula is C21H24N2O3. The molecule has 0 fully saturated rings. The van der Waals surface area contributed by atoms with E-state index in [1.165, 1.54) is 11.3 Å². The standard InChI is InChI=1S/C21H24N2O3/c1-14-11-17-5-3-4-6-18(17)23(14)13-21(24)22-15(2)16-7-8-19-20(12-16)26-10-9-25-19/h3-8,12,14-15H,9-11,13H2,1-2H3,(H,22,24)/t14-,15+/m1/s1. The van der Waals surface area contributed by atoms with Crippen LogP contribution in [-0.2, 0) is 11.2 Å². The lowest BCUT2D eigenvalue weighted by atomic mass is 10.1. The second-order valence-corrected chi connectivity index (χ2v) is 7.00. The van der Waals surface area contributed by atoms with Crippen LogP contribution in [0, 0.1) is 0 Å². The molecule has 0 bridgehead atoms. The van der Waals surface area contributed by atoms with Crippen molar-refractivity contribution in [3.05, 3.63) is 53.6 Å². The Balaban J connectivity index is 1.42. The molecule has 0 unspecified atom stereocenters. The first-order chi connectivity index (χ1) is 12.6. The number of carbonyl (C=O) groups excluding carboxylic acids is 1. The lowest BCUT2D eigenvalue weighted by Crippen LogP contribution is -2.40. The fourth-order valence-corrected chi connectivity index (χ4v) is 3.72. The van der Waals surface area contributed by atoms with Crippen molar-refractivity contribution in [1.82, 2.24) is 5.32 Å². The van der Waals surface area contributed by atoms with Gasteiger partial charge < -0.3 is 19.7 Å². The van der Waals surface area contributed by atoms with Crippen molar-refractivity contribution in [3.63, 3.8) is 0 Å². The number of amides is 1. The third-order valence-corrected chi connectivity index (χ3v) is 5.11. The molecule has 0 radical (unpaired) electrons. The maximum atomic E-state index is 12.6. The Labute approximate surface area is 153 Å². The largest absolute Gasteiger partial charge is 0.486 e. The van der Waals surface area contributed by atoms with Gasteiger partial charge in [0.2, 0.25) is 5.91 Å². The summed E-state index contributed by atoms with van der Waals surface area (Å²) in [6.45, 7) is 5.66. The van der Waals surface area contributed by atoms with Crippen LogP contribution in [0.3, 0.4) is 0 Å². The fraction of sp³-hybridized carbons (Fsp3) is 0.381. The van der Waals surface area contributed by atoms with Gasteiger partial charge in [-0.3, -0.25) is 4.79 Å². The number of para-hydroxylation sites is 1. The smallest absolute Gasteiger partial charge is 0.240 e. The second-order valence-electron chi connectivity index (χ2n) is 7.00. The van der Waals surface area contributed by atoms with Gasteiger partial charge in [-0.25, -0.2) is 0 Å². The normalized spacial score (nSPS) is 19.0. The number of benzene rings is 2. The summed E-state index contributed by atoms with van der Waals surface area (Å²) in [5.41, 5.74) is 3.49. The quantitative estimate of drug-likeness (QED) is 0.919. The number of nitrogens with one attached hydrogen (secondary N) is 1. The molecule has 136 valence electrons. The zero-order chi connectivity index (χ0) is 18.1. The third kappa shape index (κ3) is 3.21. The number of hydrogen-bond acceptors (Lipinski definition) is 4. The first-order valence-corrected chi connectivity index (χ1v) is 9.15. The second kappa shape index (κ2) is 6.90. The Hall–Kier alpha value is -2.69. The molecule has 0 aromatic heterocycles. The molecule has 26 heavy (non-hydrogen) atoms. The zero-order valence-electron chi connectivity index (χ0n) is 15.2. The number of rotatable bonds is 4. The van der Waals surface area contributed by atoms with Gasteiger partial charge in [0.15, 0.2) is 11.5 Å². The molecule has 1 amide bonds. The molecule has 5 heteroatoms. The average molecular weight is 352 g/mol. The molecular weight excluding hydrogens is 328 g/mol. The van der Waals surface area contributed by atoms with E-state index in [0.717, 1.165) is 23.5 Å². The summed E-state index contributed by atoms with van der Waals surface area (Å²) in [7, 11) is 0. The Morgan fingerprint density at radius 3 is 2.81 bits per heavy atom. The van der Waals surface area contributed by atoms with E-state index in [9.17, 15) is 4.79 Å². The van der Waals surface area contributed by atoms with E-state index < -0.39 is 0 Å². The van der Waals surface area contributed by atoms with Gasteiger partial charge in [0.05, 0.1) is 12.6 Å². The summed E-state index contributed by atoms with van der Waals surface area (Å²) in [5, 5.41) is 3.10. The molecule has 2 heterocycles. The van der Waals surface area contributed by atoms with E-state index in [1.807, 2.05) is 31.2 Å². The molecule has 2 aromatic rings. The van der Waals surface area contributed by atoms with E-state index in [0.29, 0.717) is 25.8 Å². The van der Waals surface area contributed by atoms with Crippen molar-refractivity contribution < 1.29 is 14.3 Å². The molecule has 0 saturated carbocycles. The summed E-state index contributed by atoms with van der Waals surface area (Å²) in [6.07, 6.45) is 0.987. The van der Waals surface area contributed by atoms with Crippen LogP contribution in [0.25, 0.3) is 0 Å². The molecule has 1 N–H and O–H groups in total. The van der Waals surface area contributed by atoms with Gasteiger partial charge in [-0.2, -0.15) is 0 Å². The van der Waals surface area contributed by atoms with Crippen LogP contribution in [0.5, 0.6) is 11.5 Å². The Bertz CT molecular complexity index is 821. The van der Waals surface area contributed by atoms with Crippen LogP contribution in [0.15, 0.2) is 42.5 Å². The average Bonchev–Trinajstić information content (AvgIpc) is 2.96. The molecule has 0 spiro atoms. The summed E-state index contributed by atoms with van der Waals surface area (Å²) in [6, 6.07) is 14.4. The van der Waals surface area contributed by atoms with Crippen molar-refractivity contribution in [2.75, 3.05) is 24.7 Å². The molecule has 4 rings (SSSR count). The van der Waals surface area contributed by atoms with Crippen molar-refractivity contribution in [2.45, 2.75) is 32.4 Å². The number of hydrogen-bond donors (Lipinski definition) is 1. The van der Waals surface area contributed by atoms with Crippen LogP contribution in [0.2, 0.25) is 0 Å². The maximum absolute atomic E-state index is 12.6. The van der Waals surface area contributed by atoms with E-state index in [-0.39, 0.29) is 11.9 Å². The van der Waals surface area contributed by atoms with E-state index in [2.05, 4.69) is 35.3 Å². The van der Waals surface area contributed by atoms with Crippen LogP contribution in [0.4, 0.5) is 5.69 Å². The monoisotopic (exact) mass is 352 g/mol. The molecule has 0 saturated heterocycles. The number of carbonyl (C=O) groups is 1. The van der Waals surface area contributed by atoms with Crippen molar-refractivity contribution >= 4 is 11.6 Å². The van der Waals surface area contributed by atoms with E-state index >= 15 is 0 Å². The Morgan fingerprint density at radius 1 is 1.19 bits per heavy atom. The molecule has 0 aliphatic carbocycles. The summed E-state index contributed by atoms with van der Waals surface area (Å²) >= 11 is 0. The minimum Gasteiger partial charge on any atom is -0.486 e. The van der Waals surface area contributed by atoms with Crippen LogP contribution >= 0.6 is 0 Å². The first-order valence-electron chi connectivity index (χ1n) is 9.15. The Morgan fingerprint density at radius 2 is 1.96 bits per heavy atom. The Kier molecular flexibility index (Phi) is 4.45. The number of nitrogens with zero attached hydrogens (tertiary/aromatic N) is 1. The van der Waals surface area contributed by atoms with Crippen molar-refractivity contribution in [1.29, 1.82) is 0 Å². The minimum atomic E-state index is -0.0912. The van der Waals surface area contributed by atoms with Crippen molar-refractivity contribution in [3.8, 4) is 11.5 Å². The lowest BCUT2D eigenvalue weighted by Gasteiger charge is -2.26. The zero-order valence-corrected chi connectivity index (χ0v) is 15.2. The summed E-state index contributed by atoms with van der Waals surface area (Å²) in [4.78, 5) is 14.8. The van der Waals surface area contributed by atoms with Crippen LogP contribution in [0.1, 0.15) is 31.0 Å². The van der Waals surface area contributed by atoms with E-state index in [4.69, 9.17) is 9.47 Å². The maximum Gasteiger partial charge on any atom is 0.240 e. The van der Waals surface area contributed by atoms with Gasteiger partial charge in [-0.05, 0) is 49.6 Å². The molecule has 2 aromatic carbocycles. The highest BCUT2D eigenvalue weighted by atomic mass is 16.6. The third-order valence-electron chi connectivity index (χ3n) is 5.11. The van der Waals surface area contributed by atoms with Crippen molar-refractivity contribution in [2.24, 2.45) is 0 Å². The lowest BCUT2D eigenvalue weighted by molar-refractivity contribution is -0.120. The van der Waals surface area contributed by atoms with Gasteiger partial charge in [-0.1, -0.05) is 24.3 Å². The predicted molar refractivity (Wildman–Crippen MR) is 101 cm³/mol. The van der Waals surface area contributed by atoms with Crippen LogP contribution in [-0.4, -0.2) is 31.7 Å². The minimum absolute atomic E-state index is 0.0240. The van der Waals surface area contributed by atoms with E-state index in [1.54, 1.807) is 0 Å². The molecule has 2 aliphatic rings. The van der Waals surface area contributed by atoms with Gasteiger partial charge in [-0.15, -0.1) is 0 Å². The van der Waals surface area contributed by atoms with Gasteiger partial charge in [0.1, 0.15) is 13.2 Å². The highest BCUT2D eigenvalue weighted by Crippen LogP contribution is 2.33. The highest BCUT2D eigenvalue weighted by Gasteiger charge is 2.27. The number of anilines is 1. The highest BCUT2D eigenvalue weighted by molar-refractivity contribution is 5.83. The first kappa shape index (κ1) is 16.8. The fourth-order valence-electron chi connectivity index (χ4n) is 3.72. The number of ether oxygens (including phenoxy) is 2. The predicted octanol–water partition coefficient (Wildman–Crippen LogP) is 3.09. The molecule has 2 aliphatic heterocycles. The van der Waals surface area contributed by atoms with Gasteiger partial charge in [0, 0.05) is 11.7 Å². The topological polar surface area (TPSA) is 50.8 Å². The number of fused-ring (bicyclic) bond motifs is 2. The van der Waals surface area contributed by atoms with Gasteiger partial charge in [0.25, 0.3) is 0 Å².